The van der Waals surface area contributed by atoms with E-state index < -0.39 is 0 Å². The molecule has 2 heterocycles. The summed E-state index contributed by atoms with van der Waals surface area (Å²) in [6, 6.07) is 6.10. The third-order valence-corrected chi connectivity index (χ3v) is 4.21. The summed E-state index contributed by atoms with van der Waals surface area (Å²) in [5.74, 6) is 1.84. The lowest BCUT2D eigenvalue weighted by molar-refractivity contribution is 0.123. The van der Waals surface area contributed by atoms with Gasteiger partial charge < -0.3 is 24.2 Å². The number of rotatable bonds is 3. The molecule has 0 bridgehead atoms. The standard InChI is InChI=1S/C16H24N4O2/c1-18-6-7-19(2)16(18)17-14-12-13(21-3)4-5-15(14)20-8-10-22-11-9-20/h4-5,12H,6-11H2,1-3H3. The SMILES string of the molecule is COc1ccc(N2CCOCC2)c(N=C2N(C)CCN2C)c1. The quantitative estimate of drug-likeness (QED) is 0.844. The Labute approximate surface area is 131 Å². The molecule has 2 fully saturated rings. The maximum absolute atomic E-state index is 5.45. The van der Waals surface area contributed by atoms with Crippen molar-refractivity contribution in [3.05, 3.63) is 18.2 Å². The average Bonchev–Trinajstić information content (AvgIpc) is 2.87. The maximum atomic E-state index is 5.45. The van der Waals surface area contributed by atoms with E-state index in [1.807, 2.05) is 12.1 Å². The molecule has 0 atom stereocenters. The molecule has 2 aliphatic heterocycles. The topological polar surface area (TPSA) is 40.5 Å². The summed E-state index contributed by atoms with van der Waals surface area (Å²) < 4.78 is 10.8. The molecule has 1 aromatic rings. The maximum Gasteiger partial charge on any atom is 0.201 e. The minimum atomic E-state index is 0.766. The molecule has 0 spiro atoms. The zero-order valence-electron chi connectivity index (χ0n) is 13.6. The van der Waals surface area contributed by atoms with Gasteiger partial charge in [-0.05, 0) is 12.1 Å². The van der Waals surface area contributed by atoms with Crippen molar-refractivity contribution >= 4 is 17.3 Å². The van der Waals surface area contributed by atoms with Crippen molar-refractivity contribution in [1.82, 2.24) is 9.80 Å². The fraction of sp³-hybridized carbons (Fsp3) is 0.562. The molecule has 6 nitrogen and oxygen atoms in total. The number of morpholine rings is 1. The van der Waals surface area contributed by atoms with Gasteiger partial charge in [0.15, 0.2) is 0 Å². The zero-order chi connectivity index (χ0) is 15.5. The molecular weight excluding hydrogens is 280 g/mol. The highest BCUT2D eigenvalue weighted by Crippen LogP contribution is 2.34. The van der Waals surface area contributed by atoms with Crippen LogP contribution in [-0.4, -0.2) is 76.4 Å². The number of nitrogens with zero attached hydrogens (tertiary/aromatic N) is 4. The van der Waals surface area contributed by atoms with Gasteiger partial charge in [0.1, 0.15) is 5.75 Å². The highest BCUT2D eigenvalue weighted by Gasteiger charge is 2.22. The van der Waals surface area contributed by atoms with E-state index >= 15 is 0 Å². The van der Waals surface area contributed by atoms with Crippen LogP contribution in [0, 0.1) is 0 Å². The molecule has 0 N–H and O–H groups in total. The molecule has 0 aliphatic carbocycles. The zero-order valence-corrected chi connectivity index (χ0v) is 13.6. The van der Waals surface area contributed by atoms with Gasteiger partial charge in [-0.15, -0.1) is 0 Å². The van der Waals surface area contributed by atoms with Crippen LogP contribution in [0.25, 0.3) is 0 Å². The van der Waals surface area contributed by atoms with Gasteiger partial charge in [-0.2, -0.15) is 0 Å². The van der Waals surface area contributed by atoms with Gasteiger partial charge in [0, 0.05) is 46.3 Å². The monoisotopic (exact) mass is 304 g/mol. The third-order valence-electron chi connectivity index (χ3n) is 4.21. The van der Waals surface area contributed by atoms with Gasteiger partial charge in [0.25, 0.3) is 0 Å². The number of aliphatic imine (C=N–C) groups is 1. The van der Waals surface area contributed by atoms with E-state index in [1.165, 1.54) is 0 Å². The van der Waals surface area contributed by atoms with Crippen LogP contribution in [0.2, 0.25) is 0 Å². The van der Waals surface area contributed by atoms with Gasteiger partial charge in [0.05, 0.1) is 31.7 Å². The summed E-state index contributed by atoms with van der Waals surface area (Å²) >= 11 is 0. The Balaban J connectivity index is 1.98. The predicted octanol–water partition coefficient (Wildman–Crippen LogP) is 1.40. The summed E-state index contributed by atoms with van der Waals surface area (Å²) in [5.41, 5.74) is 2.10. The van der Waals surface area contributed by atoms with Crippen LogP contribution >= 0.6 is 0 Å². The number of hydrogen-bond donors (Lipinski definition) is 0. The van der Waals surface area contributed by atoms with Crippen LogP contribution in [0.1, 0.15) is 0 Å². The highest BCUT2D eigenvalue weighted by molar-refractivity contribution is 5.86. The highest BCUT2D eigenvalue weighted by atomic mass is 16.5. The summed E-state index contributed by atoms with van der Waals surface area (Å²) in [7, 11) is 5.85. The molecule has 0 amide bonds. The molecule has 120 valence electrons. The van der Waals surface area contributed by atoms with E-state index in [0.29, 0.717) is 0 Å². The second kappa shape index (κ2) is 6.44. The Morgan fingerprint density at radius 1 is 1.05 bits per heavy atom. The lowest BCUT2D eigenvalue weighted by atomic mass is 10.2. The second-order valence-corrected chi connectivity index (χ2v) is 5.71. The van der Waals surface area contributed by atoms with E-state index in [1.54, 1.807) is 7.11 Å². The number of benzene rings is 1. The summed E-state index contributed by atoms with van der Waals surface area (Å²) in [6.07, 6.45) is 0. The first kappa shape index (κ1) is 15.0. The Hall–Kier alpha value is -1.95. The fourth-order valence-electron chi connectivity index (χ4n) is 2.86. The van der Waals surface area contributed by atoms with Gasteiger partial charge >= 0.3 is 0 Å². The van der Waals surface area contributed by atoms with Crippen LogP contribution in [0.5, 0.6) is 5.75 Å². The van der Waals surface area contributed by atoms with E-state index in [9.17, 15) is 0 Å². The Morgan fingerprint density at radius 3 is 2.36 bits per heavy atom. The van der Waals surface area contributed by atoms with Crippen LogP contribution in [0.15, 0.2) is 23.2 Å². The van der Waals surface area contributed by atoms with Crippen LogP contribution < -0.4 is 9.64 Å². The molecule has 0 saturated carbocycles. The molecule has 2 aliphatic rings. The predicted molar refractivity (Wildman–Crippen MR) is 88.4 cm³/mol. The lowest BCUT2D eigenvalue weighted by Crippen LogP contribution is -2.36. The molecule has 2 saturated heterocycles. The number of guanidine groups is 1. The van der Waals surface area contributed by atoms with E-state index in [0.717, 1.165) is 62.5 Å². The first-order valence-electron chi connectivity index (χ1n) is 7.71. The summed E-state index contributed by atoms with van der Waals surface area (Å²) in [6.45, 7) is 5.34. The van der Waals surface area contributed by atoms with Crippen molar-refractivity contribution in [3.8, 4) is 5.75 Å². The molecule has 22 heavy (non-hydrogen) atoms. The van der Waals surface area contributed by atoms with E-state index in [2.05, 4.69) is 34.9 Å². The largest absolute Gasteiger partial charge is 0.497 e. The van der Waals surface area contributed by atoms with Gasteiger partial charge in [-0.1, -0.05) is 0 Å². The van der Waals surface area contributed by atoms with Crippen LogP contribution in [0.4, 0.5) is 11.4 Å². The van der Waals surface area contributed by atoms with E-state index in [-0.39, 0.29) is 0 Å². The van der Waals surface area contributed by atoms with Crippen molar-refractivity contribution in [1.29, 1.82) is 0 Å². The van der Waals surface area contributed by atoms with Crippen molar-refractivity contribution in [2.24, 2.45) is 4.99 Å². The molecule has 1 aromatic carbocycles. The van der Waals surface area contributed by atoms with Crippen molar-refractivity contribution in [2.45, 2.75) is 0 Å². The van der Waals surface area contributed by atoms with Crippen LogP contribution in [-0.2, 0) is 4.74 Å². The Bertz CT molecular complexity index is 543. The van der Waals surface area contributed by atoms with Crippen molar-refractivity contribution in [2.75, 3.05) is 65.5 Å². The minimum Gasteiger partial charge on any atom is -0.497 e. The van der Waals surface area contributed by atoms with Gasteiger partial charge in [-0.3, -0.25) is 0 Å². The molecule has 0 radical (unpaired) electrons. The summed E-state index contributed by atoms with van der Waals surface area (Å²) in [4.78, 5) is 11.6. The molecule has 3 rings (SSSR count). The van der Waals surface area contributed by atoms with Crippen molar-refractivity contribution < 1.29 is 9.47 Å². The Morgan fingerprint density at radius 2 is 1.73 bits per heavy atom. The average molecular weight is 304 g/mol. The van der Waals surface area contributed by atoms with Crippen molar-refractivity contribution in [3.63, 3.8) is 0 Å². The molecular formula is C16H24N4O2. The normalized spacial score (nSPS) is 18.9. The third kappa shape index (κ3) is 2.97. The van der Waals surface area contributed by atoms with Crippen LogP contribution in [0.3, 0.4) is 0 Å². The fourth-order valence-corrected chi connectivity index (χ4v) is 2.86. The Kier molecular flexibility index (Phi) is 4.38. The second-order valence-electron chi connectivity index (χ2n) is 5.71. The smallest absolute Gasteiger partial charge is 0.201 e. The number of ether oxygens (including phenoxy) is 2. The lowest BCUT2D eigenvalue weighted by Gasteiger charge is -2.30. The first-order valence-corrected chi connectivity index (χ1v) is 7.71. The molecule has 0 unspecified atom stereocenters. The molecule has 6 heteroatoms. The minimum absolute atomic E-state index is 0.766. The number of anilines is 1. The van der Waals surface area contributed by atoms with Gasteiger partial charge in [0.2, 0.25) is 5.96 Å². The number of methoxy groups -OCH3 is 1. The number of hydrogen-bond acceptors (Lipinski definition) is 4. The number of likely N-dealkylation sites (N-methyl/N-ethyl adjacent to an activating group) is 2. The summed E-state index contributed by atoms with van der Waals surface area (Å²) in [5, 5.41) is 0. The van der Waals surface area contributed by atoms with Gasteiger partial charge in [-0.25, -0.2) is 4.99 Å². The first-order chi connectivity index (χ1) is 10.7. The van der Waals surface area contributed by atoms with E-state index in [4.69, 9.17) is 14.5 Å². The molecule has 0 aromatic heterocycles.